The van der Waals surface area contributed by atoms with Gasteiger partial charge in [0, 0.05) is 44.3 Å². The van der Waals surface area contributed by atoms with Crippen LogP contribution in [-0.4, -0.2) is 61.3 Å². The first-order chi connectivity index (χ1) is 12.6. The minimum Gasteiger partial charge on any atom is -0.379 e. The minimum atomic E-state index is -0.274. The molecule has 1 heterocycles. The van der Waals surface area contributed by atoms with Crippen molar-refractivity contribution in [3.63, 3.8) is 0 Å². The molecule has 0 radical (unpaired) electrons. The van der Waals surface area contributed by atoms with Gasteiger partial charge in [-0.1, -0.05) is 37.5 Å². The largest absolute Gasteiger partial charge is 0.379 e. The molecule has 1 saturated heterocycles. The Morgan fingerprint density at radius 2 is 1.92 bits per heavy atom. The number of morpholine rings is 1. The number of carbonyl (C=O) groups excluding carboxylic acids is 1. The third-order valence-electron chi connectivity index (χ3n) is 5.75. The van der Waals surface area contributed by atoms with Crippen molar-refractivity contribution in [1.29, 1.82) is 0 Å². The average molecular weight is 363 g/mol. The van der Waals surface area contributed by atoms with E-state index in [9.17, 15) is 9.18 Å². The van der Waals surface area contributed by atoms with Crippen LogP contribution in [0.3, 0.4) is 0 Å². The number of hydrogen-bond acceptors (Lipinski definition) is 3. The number of benzene rings is 1. The lowest BCUT2D eigenvalue weighted by Gasteiger charge is -2.48. The predicted octanol–water partition coefficient (Wildman–Crippen LogP) is 3.00. The van der Waals surface area contributed by atoms with Crippen LogP contribution in [-0.2, 0) is 11.3 Å². The molecule has 0 unspecified atom stereocenters. The Bertz CT molecular complexity index is 598. The standard InChI is InChI=1S/C20H30FN3O2/c1-23(15-17-7-3-4-8-18(17)21)19(25)22-16-20(9-5-2-6-10-20)24-11-13-26-14-12-24/h3-4,7-8H,2,5-6,9-16H2,1H3,(H,22,25). The van der Waals surface area contributed by atoms with Crippen molar-refractivity contribution in [2.24, 2.45) is 0 Å². The monoisotopic (exact) mass is 363 g/mol. The summed E-state index contributed by atoms with van der Waals surface area (Å²) >= 11 is 0. The zero-order chi connectivity index (χ0) is 18.4. The third-order valence-corrected chi connectivity index (χ3v) is 5.75. The second-order valence-corrected chi connectivity index (χ2v) is 7.49. The molecule has 2 fully saturated rings. The van der Waals surface area contributed by atoms with Crippen LogP contribution >= 0.6 is 0 Å². The fraction of sp³-hybridized carbons (Fsp3) is 0.650. The van der Waals surface area contributed by atoms with E-state index >= 15 is 0 Å². The number of nitrogens with one attached hydrogen (secondary N) is 1. The van der Waals surface area contributed by atoms with Gasteiger partial charge in [-0.25, -0.2) is 9.18 Å². The van der Waals surface area contributed by atoms with Crippen LogP contribution in [0.1, 0.15) is 37.7 Å². The van der Waals surface area contributed by atoms with Crippen molar-refractivity contribution in [2.45, 2.75) is 44.2 Å². The number of urea groups is 1. The van der Waals surface area contributed by atoms with Crippen LogP contribution < -0.4 is 5.32 Å². The summed E-state index contributed by atoms with van der Waals surface area (Å²) in [6.07, 6.45) is 5.92. The number of ether oxygens (including phenoxy) is 1. The summed E-state index contributed by atoms with van der Waals surface area (Å²) in [4.78, 5) is 16.6. The molecule has 2 amide bonds. The molecule has 1 aliphatic carbocycles. The Morgan fingerprint density at radius 1 is 1.23 bits per heavy atom. The SMILES string of the molecule is CN(Cc1ccccc1F)C(=O)NCC1(N2CCOCC2)CCCCC1. The molecule has 1 aliphatic heterocycles. The molecule has 1 N–H and O–H groups in total. The van der Waals surface area contributed by atoms with Gasteiger partial charge >= 0.3 is 6.03 Å². The van der Waals surface area contributed by atoms with Crippen molar-refractivity contribution in [2.75, 3.05) is 39.9 Å². The Labute approximate surface area is 155 Å². The van der Waals surface area contributed by atoms with Crippen LogP contribution in [0.2, 0.25) is 0 Å². The number of carbonyl (C=O) groups is 1. The fourth-order valence-corrected chi connectivity index (χ4v) is 4.18. The summed E-state index contributed by atoms with van der Waals surface area (Å²) in [6, 6.07) is 6.45. The van der Waals surface area contributed by atoms with Crippen LogP contribution in [0.4, 0.5) is 9.18 Å². The van der Waals surface area contributed by atoms with Gasteiger partial charge in [0.15, 0.2) is 0 Å². The fourth-order valence-electron chi connectivity index (χ4n) is 4.18. The van der Waals surface area contributed by atoms with Crippen LogP contribution in [0.25, 0.3) is 0 Å². The second-order valence-electron chi connectivity index (χ2n) is 7.49. The van der Waals surface area contributed by atoms with Gasteiger partial charge in [-0.05, 0) is 18.9 Å². The Morgan fingerprint density at radius 3 is 2.62 bits per heavy atom. The lowest BCUT2D eigenvalue weighted by Crippen LogP contribution is -2.60. The summed E-state index contributed by atoms with van der Waals surface area (Å²) in [5.74, 6) is -0.274. The summed E-state index contributed by atoms with van der Waals surface area (Å²) < 4.78 is 19.3. The molecule has 0 aromatic heterocycles. The Kier molecular flexibility index (Phi) is 6.48. The molecule has 1 saturated carbocycles. The van der Waals surface area contributed by atoms with Gasteiger partial charge in [0.2, 0.25) is 0 Å². The van der Waals surface area contributed by atoms with E-state index in [1.54, 1.807) is 30.1 Å². The second kappa shape index (κ2) is 8.82. The number of nitrogens with zero attached hydrogens (tertiary/aromatic N) is 2. The van der Waals surface area contributed by atoms with E-state index in [-0.39, 0.29) is 23.9 Å². The highest BCUT2D eigenvalue weighted by atomic mass is 19.1. The predicted molar refractivity (Wildman–Crippen MR) is 99.5 cm³/mol. The van der Waals surface area contributed by atoms with E-state index in [1.165, 1.54) is 25.3 Å². The number of rotatable bonds is 5. The Hall–Kier alpha value is -1.66. The topological polar surface area (TPSA) is 44.8 Å². The van der Waals surface area contributed by atoms with E-state index in [2.05, 4.69) is 10.2 Å². The third kappa shape index (κ3) is 4.54. The number of hydrogen-bond donors (Lipinski definition) is 1. The first kappa shape index (κ1) is 19.1. The van der Waals surface area contributed by atoms with Crippen LogP contribution in [0, 0.1) is 5.82 Å². The molecule has 0 atom stereocenters. The first-order valence-corrected chi connectivity index (χ1v) is 9.66. The molecule has 5 nitrogen and oxygen atoms in total. The lowest BCUT2D eigenvalue weighted by atomic mass is 9.80. The molecular formula is C20H30FN3O2. The molecule has 1 aromatic carbocycles. The molecule has 0 spiro atoms. The highest BCUT2D eigenvalue weighted by Crippen LogP contribution is 2.33. The maximum atomic E-state index is 13.8. The maximum Gasteiger partial charge on any atom is 0.317 e. The van der Waals surface area contributed by atoms with Crippen molar-refractivity contribution in [3.8, 4) is 0 Å². The molecular weight excluding hydrogens is 333 g/mol. The van der Waals surface area contributed by atoms with Gasteiger partial charge in [-0.3, -0.25) is 4.90 Å². The van der Waals surface area contributed by atoms with E-state index < -0.39 is 0 Å². The zero-order valence-electron chi connectivity index (χ0n) is 15.7. The smallest absolute Gasteiger partial charge is 0.317 e. The maximum absolute atomic E-state index is 13.8. The molecule has 1 aromatic rings. The van der Waals surface area contributed by atoms with Gasteiger partial charge in [-0.2, -0.15) is 0 Å². The Balaban J connectivity index is 1.59. The van der Waals surface area contributed by atoms with E-state index in [0.29, 0.717) is 12.1 Å². The van der Waals surface area contributed by atoms with Gasteiger partial charge in [0.05, 0.1) is 13.2 Å². The summed E-state index contributed by atoms with van der Waals surface area (Å²) in [6.45, 7) is 4.31. The zero-order valence-corrected chi connectivity index (χ0v) is 15.7. The minimum absolute atomic E-state index is 0.0382. The molecule has 144 valence electrons. The normalized spacial score (nSPS) is 20.5. The highest BCUT2D eigenvalue weighted by molar-refractivity contribution is 5.74. The summed E-state index contributed by atoms with van der Waals surface area (Å²) in [7, 11) is 1.71. The van der Waals surface area contributed by atoms with Gasteiger partial charge in [-0.15, -0.1) is 0 Å². The first-order valence-electron chi connectivity index (χ1n) is 9.66. The molecule has 6 heteroatoms. The van der Waals surface area contributed by atoms with Gasteiger partial charge in [0.1, 0.15) is 5.82 Å². The molecule has 3 rings (SSSR count). The van der Waals surface area contributed by atoms with E-state index in [1.807, 2.05) is 0 Å². The van der Waals surface area contributed by atoms with Gasteiger partial charge in [0.25, 0.3) is 0 Å². The van der Waals surface area contributed by atoms with Crippen LogP contribution in [0.15, 0.2) is 24.3 Å². The lowest BCUT2D eigenvalue weighted by molar-refractivity contribution is -0.0360. The van der Waals surface area contributed by atoms with E-state index in [4.69, 9.17) is 4.74 Å². The average Bonchev–Trinajstić information content (AvgIpc) is 2.69. The van der Waals surface area contributed by atoms with Crippen molar-refractivity contribution < 1.29 is 13.9 Å². The number of halogens is 1. The van der Waals surface area contributed by atoms with Crippen molar-refractivity contribution in [3.05, 3.63) is 35.6 Å². The quantitative estimate of drug-likeness (QED) is 0.875. The molecule has 0 bridgehead atoms. The number of amides is 2. The molecule has 26 heavy (non-hydrogen) atoms. The molecule has 2 aliphatic rings. The summed E-state index contributed by atoms with van der Waals surface area (Å²) in [5, 5.41) is 3.11. The van der Waals surface area contributed by atoms with Gasteiger partial charge < -0.3 is 15.0 Å². The summed E-state index contributed by atoms with van der Waals surface area (Å²) in [5.41, 5.74) is 0.571. The van der Waals surface area contributed by atoms with Crippen molar-refractivity contribution in [1.82, 2.24) is 15.1 Å². The van der Waals surface area contributed by atoms with Crippen molar-refractivity contribution >= 4 is 6.03 Å². The van der Waals surface area contributed by atoms with E-state index in [0.717, 1.165) is 39.1 Å². The highest BCUT2D eigenvalue weighted by Gasteiger charge is 2.39. The van der Waals surface area contributed by atoms with Crippen LogP contribution in [0.5, 0.6) is 0 Å².